The first kappa shape index (κ1) is 18.6. The molecular formula is C23H38. The lowest BCUT2D eigenvalue weighted by Gasteiger charge is -2.18. The molecule has 130 valence electrons. The molecule has 0 bridgehead atoms. The number of rotatable bonds is 9. The van der Waals surface area contributed by atoms with E-state index < -0.39 is 0 Å². The highest BCUT2D eigenvalue weighted by Crippen LogP contribution is 2.49. The molecule has 1 aliphatic rings. The van der Waals surface area contributed by atoms with Gasteiger partial charge in [0.05, 0.1) is 0 Å². The fourth-order valence-electron chi connectivity index (χ4n) is 3.53. The van der Waals surface area contributed by atoms with E-state index in [0.717, 1.165) is 5.41 Å². The molecule has 0 heterocycles. The van der Waals surface area contributed by atoms with Gasteiger partial charge in [0.25, 0.3) is 0 Å². The summed E-state index contributed by atoms with van der Waals surface area (Å²) < 4.78 is 0. The smallest absolute Gasteiger partial charge is 0.0276 e. The van der Waals surface area contributed by atoms with Gasteiger partial charge in [-0.2, -0.15) is 0 Å². The van der Waals surface area contributed by atoms with Gasteiger partial charge in [0.1, 0.15) is 0 Å². The molecule has 1 aliphatic carbocycles. The van der Waals surface area contributed by atoms with Crippen molar-refractivity contribution in [3.05, 3.63) is 34.9 Å². The van der Waals surface area contributed by atoms with Gasteiger partial charge in [-0.1, -0.05) is 64.3 Å². The van der Waals surface area contributed by atoms with E-state index in [4.69, 9.17) is 0 Å². The lowest BCUT2D eigenvalue weighted by Crippen LogP contribution is -2.04. The zero-order valence-corrected chi connectivity index (χ0v) is 16.3. The Hall–Kier alpha value is -0.780. The number of hydrogen-bond acceptors (Lipinski definition) is 0. The second kappa shape index (κ2) is 7.86. The maximum Gasteiger partial charge on any atom is -0.0276 e. The van der Waals surface area contributed by atoms with Crippen molar-refractivity contribution in [2.75, 3.05) is 0 Å². The highest BCUT2D eigenvalue weighted by Gasteiger charge is 2.35. The van der Waals surface area contributed by atoms with Gasteiger partial charge in [0, 0.05) is 0 Å². The molecule has 1 fully saturated rings. The third-order valence-corrected chi connectivity index (χ3v) is 5.56. The zero-order valence-electron chi connectivity index (χ0n) is 16.3. The second-order valence-electron chi connectivity index (χ2n) is 9.56. The maximum absolute atomic E-state index is 2.46. The normalized spacial score (nSPS) is 16.6. The highest BCUT2D eigenvalue weighted by molar-refractivity contribution is 5.31. The van der Waals surface area contributed by atoms with Gasteiger partial charge in [-0.25, -0.2) is 0 Å². The van der Waals surface area contributed by atoms with Crippen molar-refractivity contribution in [2.45, 2.75) is 98.8 Å². The first-order chi connectivity index (χ1) is 10.8. The van der Waals surface area contributed by atoms with Crippen LogP contribution in [0, 0.1) is 17.8 Å². The van der Waals surface area contributed by atoms with E-state index in [0.29, 0.717) is 5.41 Å². The average molecular weight is 315 g/mol. The van der Waals surface area contributed by atoms with E-state index in [1.165, 1.54) is 69.8 Å². The monoisotopic (exact) mass is 314 g/mol. The molecule has 0 saturated heterocycles. The van der Waals surface area contributed by atoms with Crippen LogP contribution in [0.2, 0.25) is 0 Å². The summed E-state index contributed by atoms with van der Waals surface area (Å²) in [6.45, 7) is 11.7. The number of hydrogen-bond donors (Lipinski definition) is 0. The molecule has 0 N–H and O–H groups in total. The minimum atomic E-state index is 0.481. The van der Waals surface area contributed by atoms with Crippen LogP contribution in [0.25, 0.3) is 0 Å². The number of benzene rings is 1. The van der Waals surface area contributed by atoms with Crippen molar-refractivity contribution in [1.29, 1.82) is 0 Å². The van der Waals surface area contributed by atoms with Crippen LogP contribution in [0.5, 0.6) is 0 Å². The minimum absolute atomic E-state index is 0.481. The first-order valence-corrected chi connectivity index (χ1v) is 9.86. The summed E-state index contributed by atoms with van der Waals surface area (Å²) in [6, 6.07) is 7.13. The summed E-state index contributed by atoms with van der Waals surface area (Å²) in [5, 5.41) is 0. The molecule has 0 heteroatoms. The van der Waals surface area contributed by atoms with E-state index in [1.54, 1.807) is 11.1 Å². The van der Waals surface area contributed by atoms with E-state index >= 15 is 0 Å². The van der Waals surface area contributed by atoms with Crippen molar-refractivity contribution in [3.8, 4) is 0 Å². The lowest BCUT2D eigenvalue weighted by atomic mass is 9.88. The Morgan fingerprint density at radius 2 is 1.57 bits per heavy atom. The van der Waals surface area contributed by atoms with Crippen LogP contribution >= 0.6 is 0 Å². The minimum Gasteiger partial charge on any atom is -0.0602 e. The van der Waals surface area contributed by atoms with Crippen molar-refractivity contribution in [1.82, 2.24) is 0 Å². The molecule has 0 aliphatic heterocycles. The Bertz CT molecular complexity index is 485. The molecule has 1 aromatic carbocycles. The lowest BCUT2D eigenvalue weighted by molar-refractivity contribution is 0.360. The molecule has 0 spiro atoms. The van der Waals surface area contributed by atoms with Gasteiger partial charge in [0.2, 0.25) is 0 Å². The largest absolute Gasteiger partial charge is 0.0602 e. The molecule has 0 nitrogen and oxygen atoms in total. The Kier molecular flexibility index (Phi) is 6.34. The van der Waals surface area contributed by atoms with Crippen LogP contribution < -0.4 is 0 Å². The van der Waals surface area contributed by atoms with Crippen LogP contribution in [0.4, 0.5) is 0 Å². The van der Waals surface area contributed by atoms with Gasteiger partial charge in [0.15, 0.2) is 0 Å². The van der Waals surface area contributed by atoms with Crippen LogP contribution in [0.1, 0.15) is 95.8 Å². The number of aryl methyl sites for hydroxylation is 3. The first-order valence-electron chi connectivity index (χ1n) is 9.86. The summed E-state index contributed by atoms with van der Waals surface area (Å²) in [6.07, 6.45) is 13.7. The van der Waals surface area contributed by atoms with Gasteiger partial charge in [-0.05, 0) is 80.2 Å². The fraction of sp³-hybridized carbons (Fsp3) is 0.739. The fourth-order valence-corrected chi connectivity index (χ4v) is 3.53. The maximum atomic E-state index is 2.46. The Labute approximate surface area is 145 Å². The van der Waals surface area contributed by atoms with Crippen molar-refractivity contribution < 1.29 is 0 Å². The quantitative estimate of drug-likeness (QED) is 0.420. The van der Waals surface area contributed by atoms with Crippen LogP contribution in [0.15, 0.2) is 18.2 Å². The van der Waals surface area contributed by atoms with Crippen molar-refractivity contribution >= 4 is 0 Å². The van der Waals surface area contributed by atoms with Gasteiger partial charge >= 0.3 is 0 Å². The molecule has 1 aromatic rings. The van der Waals surface area contributed by atoms with E-state index in [-0.39, 0.29) is 0 Å². The number of unbranched alkanes of at least 4 members (excludes halogenated alkanes) is 2. The van der Waals surface area contributed by atoms with E-state index in [9.17, 15) is 0 Å². The molecule has 0 radical (unpaired) electrons. The standard InChI is InChI=1S/C23H38/c1-19-12-13-20(10-6-8-14-22(2,3)4)21(18-19)11-7-9-15-23(5)16-17-23/h12-13,18H,6-11,14-17H2,1-5H3. The predicted molar refractivity (Wildman–Crippen MR) is 103 cm³/mol. The molecule has 0 amide bonds. The van der Waals surface area contributed by atoms with E-state index in [2.05, 4.69) is 52.8 Å². The second-order valence-corrected chi connectivity index (χ2v) is 9.56. The van der Waals surface area contributed by atoms with Crippen LogP contribution in [-0.2, 0) is 12.8 Å². The van der Waals surface area contributed by atoms with Crippen molar-refractivity contribution in [3.63, 3.8) is 0 Å². The van der Waals surface area contributed by atoms with Gasteiger partial charge < -0.3 is 0 Å². The van der Waals surface area contributed by atoms with Crippen LogP contribution in [0.3, 0.4) is 0 Å². The summed E-state index contributed by atoms with van der Waals surface area (Å²) in [5.74, 6) is 0. The molecule has 23 heavy (non-hydrogen) atoms. The Balaban J connectivity index is 1.78. The Morgan fingerprint density at radius 3 is 2.22 bits per heavy atom. The topological polar surface area (TPSA) is 0 Å². The molecule has 0 unspecified atom stereocenters. The van der Waals surface area contributed by atoms with Gasteiger partial charge in [-0.3, -0.25) is 0 Å². The highest BCUT2D eigenvalue weighted by atomic mass is 14.4. The van der Waals surface area contributed by atoms with Crippen molar-refractivity contribution in [2.24, 2.45) is 10.8 Å². The molecule has 2 rings (SSSR count). The summed E-state index contributed by atoms with van der Waals surface area (Å²) in [7, 11) is 0. The Morgan fingerprint density at radius 1 is 0.913 bits per heavy atom. The zero-order chi connectivity index (χ0) is 16.9. The summed E-state index contributed by atoms with van der Waals surface area (Å²) in [5.41, 5.74) is 5.87. The van der Waals surface area contributed by atoms with Gasteiger partial charge in [-0.15, -0.1) is 0 Å². The molecule has 0 aromatic heterocycles. The third-order valence-electron chi connectivity index (χ3n) is 5.56. The molecule has 1 saturated carbocycles. The van der Waals surface area contributed by atoms with E-state index in [1.807, 2.05) is 0 Å². The van der Waals surface area contributed by atoms with Crippen LogP contribution in [-0.4, -0.2) is 0 Å². The SMILES string of the molecule is Cc1ccc(CCCCC(C)(C)C)c(CCCCC2(C)CC2)c1. The average Bonchev–Trinajstić information content (AvgIpc) is 3.18. The summed E-state index contributed by atoms with van der Waals surface area (Å²) >= 11 is 0. The molecular weight excluding hydrogens is 276 g/mol. The predicted octanol–water partition coefficient (Wildman–Crippen LogP) is 7.27. The molecule has 0 atom stereocenters. The third kappa shape index (κ3) is 7.10. The summed E-state index contributed by atoms with van der Waals surface area (Å²) in [4.78, 5) is 0.